The Labute approximate surface area is 62.4 Å². The molecular weight excluding hydrogens is 124 g/mol. The molecular formula is C9H16O. The molecule has 1 N–H and O–H groups in total. The third-order valence-electron chi connectivity index (χ3n) is 3.42. The topological polar surface area (TPSA) is 20.2 Å². The minimum absolute atomic E-state index is 0.397. The molecule has 1 nitrogen and oxygen atoms in total. The number of hydrogen-bond acceptors (Lipinski definition) is 1. The standard InChI is InChI=1S/C9H16O/c1-6(5-10)8-3-2-7-4-9(7)8/h6-10H,2-5H2,1H3/t6-,7?,8?,9?/m1/s1. The maximum atomic E-state index is 8.93. The van der Waals surface area contributed by atoms with Gasteiger partial charge in [-0.2, -0.15) is 0 Å². The summed E-state index contributed by atoms with van der Waals surface area (Å²) in [6.07, 6.45) is 4.30. The second-order valence-corrected chi connectivity index (χ2v) is 4.06. The zero-order valence-electron chi connectivity index (χ0n) is 6.59. The van der Waals surface area contributed by atoms with Crippen LogP contribution in [0.2, 0.25) is 0 Å². The monoisotopic (exact) mass is 140 g/mol. The van der Waals surface area contributed by atoms with Gasteiger partial charge in [-0.3, -0.25) is 0 Å². The Balaban J connectivity index is 1.92. The van der Waals surface area contributed by atoms with Crippen LogP contribution in [0.5, 0.6) is 0 Å². The Morgan fingerprint density at radius 2 is 2.30 bits per heavy atom. The van der Waals surface area contributed by atoms with E-state index < -0.39 is 0 Å². The second-order valence-electron chi connectivity index (χ2n) is 4.06. The summed E-state index contributed by atoms with van der Waals surface area (Å²) >= 11 is 0. The van der Waals surface area contributed by atoms with Crippen LogP contribution in [0.3, 0.4) is 0 Å². The molecule has 0 aromatic heterocycles. The SMILES string of the molecule is C[C@H](CO)C1CCC2CC21. The highest BCUT2D eigenvalue weighted by Crippen LogP contribution is 2.57. The highest BCUT2D eigenvalue weighted by Gasteiger charge is 2.49. The molecule has 2 fully saturated rings. The quantitative estimate of drug-likeness (QED) is 0.618. The average molecular weight is 140 g/mol. The van der Waals surface area contributed by atoms with Gasteiger partial charge in [0.2, 0.25) is 0 Å². The number of rotatable bonds is 2. The number of aliphatic hydroxyl groups excluding tert-OH is 1. The second kappa shape index (κ2) is 2.23. The van der Waals surface area contributed by atoms with E-state index in [1.165, 1.54) is 19.3 Å². The lowest BCUT2D eigenvalue weighted by atomic mass is 9.90. The van der Waals surface area contributed by atoms with E-state index in [4.69, 9.17) is 5.11 Å². The molecule has 0 heterocycles. The Bertz CT molecular complexity index is 133. The number of hydrogen-bond donors (Lipinski definition) is 1. The van der Waals surface area contributed by atoms with Crippen molar-refractivity contribution in [1.82, 2.24) is 0 Å². The van der Waals surface area contributed by atoms with Crippen LogP contribution >= 0.6 is 0 Å². The van der Waals surface area contributed by atoms with E-state index in [2.05, 4.69) is 6.92 Å². The molecule has 2 aliphatic rings. The van der Waals surface area contributed by atoms with Gasteiger partial charge in [0.1, 0.15) is 0 Å². The summed E-state index contributed by atoms with van der Waals surface area (Å²) in [4.78, 5) is 0. The molecule has 0 spiro atoms. The van der Waals surface area contributed by atoms with Crippen molar-refractivity contribution in [2.45, 2.75) is 26.2 Å². The van der Waals surface area contributed by atoms with Gasteiger partial charge in [-0.1, -0.05) is 6.92 Å². The van der Waals surface area contributed by atoms with Crippen LogP contribution in [-0.4, -0.2) is 11.7 Å². The molecule has 3 unspecified atom stereocenters. The van der Waals surface area contributed by atoms with Crippen molar-refractivity contribution in [3.8, 4) is 0 Å². The fourth-order valence-corrected chi connectivity index (χ4v) is 2.59. The van der Waals surface area contributed by atoms with Crippen molar-refractivity contribution in [3.63, 3.8) is 0 Å². The van der Waals surface area contributed by atoms with Crippen molar-refractivity contribution >= 4 is 0 Å². The minimum atomic E-state index is 0.397. The van der Waals surface area contributed by atoms with E-state index >= 15 is 0 Å². The molecule has 58 valence electrons. The third-order valence-corrected chi connectivity index (χ3v) is 3.42. The first kappa shape index (κ1) is 6.66. The smallest absolute Gasteiger partial charge is 0.0459 e. The summed E-state index contributed by atoms with van der Waals surface area (Å²) in [6.45, 7) is 2.58. The van der Waals surface area contributed by atoms with E-state index in [0.29, 0.717) is 12.5 Å². The van der Waals surface area contributed by atoms with Gasteiger partial charge in [0, 0.05) is 6.61 Å². The molecule has 2 saturated carbocycles. The summed E-state index contributed by atoms with van der Waals surface area (Å²) in [5.41, 5.74) is 0. The molecule has 0 bridgehead atoms. The molecule has 0 aliphatic heterocycles. The first-order chi connectivity index (χ1) is 4.83. The fourth-order valence-electron chi connectivity index (χ4n) is 2.59. The third kappa shape index (κ3) is 0.878. The molecule has 0 radical (unpaired) electrons. The molecule has 2 rings (SSSR count). The molecule has 2 aliphatic carbocycles. The zero-order valence-corrected chi connectivity index (χ0v) is 6.59. The van der Waals surface area contributed by atoms with Crippen molar-refractivity contribution < 1.29 is 5.11 Å². The maximum absolute atomic E-state index is 8.93. The first-order valence-electron chi connectivity index (χ1n) is 4.43. The van der Waals surface area contributed by atoms with Crippen molar-refractivity contribution in [3.05, 3.63) is 0 Å². The van der Waals surface area contributed by atoms with E-state index in [-0.39, 0.29) is 0 Å². The molecule has 1 heteroatoms. The summed E-state index contributed by atoms with van der Waals surface area (Å²) in [7, 11) is 0. The van der Waals surface area contributed by atoms with Crippen LogP contribution in [0.4, 0.5) is 0 Å². The van der Waals surface area contributed by atoms with Crippen LogP contribution in [0.25, 0.3) is 0 Å². The molecule has 0 saturated heterocycles. The lowest BCUT2D eigenvalue weighted by Gasteiger charge is -2.17. The van der Waals surface area contributed by atoms with Crippen LogP contribution in [0, 0.1) is 23.7 Å². The largest absolute Gasteiger partial charge is 0.396 e. The Hall–Kier alpha value is -0.0400. The van der Waals surface area contributed by atoms with Gasteiger partial charge in [-0.05, 0) is 42.9 Å². The Morgan fingerprint density at radius 1 is 1.50 bits per heavy atom. The predicted molar refractivity (Wildman–Crippen MR) is 40.6 cm³/mol. The van der Waals surface area contributed by atoms with Gasteiger partial charge in [-0.25, -0.2) is 0 Å². The minimum Gasteiger partial charge on any atom is -0.396 e. The Morgan fingerprint density at radius 3 is 2.70 bits per heavy atom. The van der Waals surface area contributed by atoms with E-state index in [1.54, 1.807) is 0 Å². The van der Waals surface area contributed by atoms with Crippen molar-refractivity contribution in [1.29, 1.82) is 0 Å². The zero-order chi connectivity index (χ0) is 7.14. The molecule has 0 aromatic carbocycles. The fraction of sp³-hybridized carbons (Fsp3) is 1.00. The molecule has 10 heavy (non-hydrogen) atoms. The average Bonchev–Trinajstić information content (AvgIpc) is 2.62. The van der Waals surface area contributed by atoms with Crippen LogP contribution in [-0.2, 0) is 0 Å². The van der Waals surface area contributed by atoms with Gasteiger partial charge in [0.25, 0.3) is 0 Å². The summed E-state index contributed by atoms with van der Waals surface area (Å²) in [5.74, 6) is 3.52. The normalized spacial score (nSPS) is 46.8. The van der Waals surface area contributed by atoms with Gasteiger partial charge < -0.3 is 5.11 Å². The van der Waals surface area contributed by atoms with Crippen molar-refractivity contribution in [2.24, 2.45) is 23.7 Å². The lowest BCUT2D eigenvalue weighted by Crippen LogP contribution is -2.14. The Kier molecular flexibility index (Phi) is 1.48. The highest BCUT2D eigenvalue weighted by molar-refractivity contribution is 4.98. The van der Waals surface area contributed by atoms with Crippen LogP contribution in [0.15, 0.2) is 0 Å². The predicted octanol–water partition coefficient (Wildman–Crippen LogP) is 1.66. The maximum Gasteiger partial charge on any atom is 0.0459 e. The van der Waals surface area contributed by atoms with E-state index in [0.717, 1.165) is 17.8 Å². The van der Waals surface area contributed by atoms with Gasteiger partial charge in [0.15, 0.2) is 0 Å². The molecule has 4 atom stereocenters. The van der Waals surface area contributed by atoms with Gasteiger partial charge in [0.05, 0.1) is 0 Å². The van der Waals surface area contributed by atoms with Gasteiger partial charge >= 0.3 is 0 Å². The summed E-state index contributed by atoms with van der Waals surface area (Å²) in [6, 6.07) is 0. The van der Waals surface area contributed by atoms with Crippen LogP contribution in [0.1, 0.15) is 26.2 Å². The number of aliphatic hydroxyl groups is 1. The van der Waals surface area contributed by atoms with Crippen molar-refractivity contribution in [2.75, 3.05) is 6.61 Å². The summed E-state index contributed by atoms with van der Waals surface area (Å²) < 4.78 is 0. The number of fused-ring (bicyclic) bond motifs is 1. The van der Waals surface area contributed by atoms with E-state index in [1.807, 2.05) is 0 Å². The lowest BCUT2D eigenvalue weighted by molar-refractivity contribution is 0.178. The highest BCUT2D eigenvalue weighted by atomic mass is 16.3. The first-order valence-corrected chi connectivity index (χ1v) is 4.43. The van der Waals surface area contributed by atoms with E-state index in [9.17, 15) is 0 Å². The summed E-state index contributed by atoms with van der Waals surface area (Å²) in [5, 5.41) is 8.93. The molecule has 0 amide bonds. The van der Waals surface area contributed by atoms with Crippen LogP contribution < -0.4 is 0 Å². The molecule has 0 aromatic rings. The van der Waals surface area contributed by atoms with Gasteiger partial charge in [-0.15, -0.1) is 0 Å².